The molecule has 0 fully saturated rings. The van der Waals surface area contributed by atoms with Crippen molar-refractivity contribution in [2.24, 2.45) is 0 Å². The van der Waals surface area contributed by atoms with Gasteiger partial charge in [0.05, 0.1) is 17.8 Å². The highest BCUT2D eigenvalue weighted by atomic mass is 79.9. The molecular formula is C21H18BrN3O2S. The van der Waals surface area contributed by atoms with E-state index in [2.05, 4.69) is 21.0 Å². The van der Waals surface area contributed by atoms with Crippen LogP contribution in [0.5, 0.6) is 0 Å². The number of pyridine rings is 1. The minimum atomic E-state index is -3.81. The first-order valence-electron chi connectivity index (χ1n) is 8.70. The largest absolute Gasteiger partial charge is 0.247 e. The van der Waals surface area contributed by atoms with Gasteiger partial charge in [0, 0.05) is 17.7 Å². The average molecular weight is 456 g/mol. The maximum absolute atomic E-state index is 13.6. The van der Waals surface area contributed by atoms with Gasteiger partial charge in [0.2, 0.25) is 10.0 Å². The Labute approximate surface area is 172 Å². The zero-order valence-corrected chi connectivity index (χ0v) is 17.5. The van der Waals surface area contributed by atoms with Gasteiger partial charge in [-0.15, -0.1) is 0 Å². The Morgan fingerprint density at radius 2 is 1.64 bits per heavy atom. The zero-order valence-electron chi connectivity index (χ0n) is 15.1. The number of nitrogens with zero attached hydrogens (tertiary/aromatic N) is 3. The summed E-state index contributed by atoms with van der Waals surface area (Å²) < 4.78 is 31.0. The van der Waals surface area contributed by atoms with E-state index in [4.69, 9.17) is 0 Å². The third-order valence-corrected chi connectivity index (χ3v) is 7.29. The van der Waals surface area contributed by atoms with Gasteiger partial charge in [0.25, 0.3) is 0 Å². The van der Waals surface area contributed by atoms with Gasteiger partial charge in [-0.1, -0.05) is 70.5 Å². The van der Waals surface area contributed by atoms with E-state index in [1.807, 2.05) is 60.7 Å². The molecule has 0 amide bonds. The molecule has 5 nitrogen and oxygen atoms in total. The van der Waals surface area contributed by atoms with Gasteiger partial charge in [-0.25, -0.2) is 12.9 Å². The van der Waals surface area contributed by atoms with E-state index < -0.39 is 16.1 Å². The second-order valence-corrected chi connectivity index (χ2v) is 9.22. The number of hydrogen-bond donors (Lipinski definition) is 0. The Kier molecular flexibility index (Phi) is 5.05. The molecule has 0 aliphatic rings. The van der Waals surface area contributed by atoms with Crippen molar-refractivity contribution in [3.05, 3.63) is 101 Å². The topological polar surface area (TPSA) is 54.7 Å². The van der Waals surface area contributed by atoms with E-state index in [9.17, 15) is 8.42 Å². The van der Waals surface area contributed by atoms with Crippen LogP contribution in [0.25, 0.3) is 5.52 Å². The van der Waals surface area contributed by atoms with Gasteiger partial charge in [-0.3, -0.25) is 0 Å². The van der Waals surface area contributed by atoms with Gasteiger partial charge in [0.1, 0.15) is 4.90 Å². The molecule has 2 heterocycles. The quantitative estimate of drug-likeness (QED) is 0.444. The molecule has 4 rings (SSSR count). The van der Waals surface area contributed by atoms with Crippen molar-refractivity contribution < 1.29 is 8.42 Å². The first-order valence-corrected chi connectivity index (χ1v) is 10.9. The van der Waals surface area contributed by atoms with Crippen LogP contribution >= 0.6 is 15.9 Å². The minimum Gasteiger partial charge on any atom is -0.240 e. The van der Waals surface area contributed by atoms with Gasteiger partial charge >= 0.3 is 0 Å². The second-order valence-electron chi connectivity index (χ2n) is 6.40. The number of benzene rings is 2. The molecule has 2 aromatic carbocycles. The number of fused-ring (bicyclic) bond motifs is 1. The summed E-state index contributed by atoms with van der Waals surface area (Å²) in [6.07, 6.45) is 3.14. The van der Waals surface area contributed by atoms with E-state index in [0.717, 1.165) is 15.6 Å². The molecule has 0 saturated carbocycles. The van der Waals surface area contributed by atoms with E-state index in [-0.39, 0.29) is 4.90 Å². The van der Waals surface area contributed by atoms with Crippen LogP contribution in [0.15, 0.2) is 94.6 Å². The molecule has 1 atom stereocenters. The van der Waals surface area contributed by atoms with Crippen LogP contribution in [0.3, 0.4) is 0 Å². The highest BCUT2D eigenvalue weighted by molar-refractivity contribution is 9.10. The molecule has 1 unspecified atom stereocenters. The Hall–Kier alpha value is -2.48. The smallest absolute Gasteiger partial charge is 0.240 e. The molecule has 4 aromatic rings. The molecule has 0 aliphatic heterocycles. The summed E-state index contributed by atoms with van der Waals surface area (Å²) in [4.78, 5) is 0.184. The lowest BCUT2D eigenvalue weighted by atomic mass is 9.99. The van der Waals surface area contributed by atoms with Gasteiger partial charge in [-0.05, 0) is 29.3 Å². The fourth-order valence-electron chi connectivity index (χ4n) is 3.32. The molecule has 0 saturated heterocycles. The van der Waals surface area contributed by atoms with Crippen LogP contribution in [-0.4, -0.2) is 29.4 Å². The first-order chi connectivity index (χ1) is 13.5. The van der Waals surface area contributed by atoms with Crippen LogP contribution < -0.4 is 0 Å². The number of halogens is 1. The van der Waals surface area contributed by atoms with Crippen LogP contribution in [0.4, 0.5) is 0 Å². The SMILES string of the molecule is CN(C(c1ccccc1)c1ccccc1Br)S(=O)(=O)c1cnn2ccccc12. The van der Waals surface area contributed by atoms with E-state index >= 15 is 0 Å². The summed E-state index contributed by atoms with van der Waals surface area (Å²) in [5.74, 6) is 0. The monoisotopic (exact) mass is 455 g/mol. The Balaban J connectivity index is 1.88. The molecular weight excluding hydrogens is 438 g/mol. The van der Waals surface area contributed by atoms with Crippen LogP contribution in [-0.2, 0) is 10.0 Å². The van der Waals surface area contributed by atoms with Crippen molar-refractivity contribution in [3.63, 3.8) is 0 Å². The van der Waals surface area contributed by atoms with Crippen molar-refractivity contribution in [2.45, 2.75) is 10.9 Å². The minimum absolute atomic E-state index is 0.184. The first kappa shape index (κ1) is 18.9. The maximum Gasteiger partial charge on any atom is 0.247 e. The summed E-state index contributed by atoms with van der Waals surface area (Å²) in [5.41, 5.74) is 2.31. The lowest BCUT2D eigenvalue weighted by Gasteiger charge is -2.29. The molecule has 0 aliphatic carbocycles. The lowest BCUT2D eigenvalue weighted by Crippen LogP contribution is -2.32. The fourth-order valence-corrected chi connectivity index (χ4v) is 5.25. The Morgan fingerprint density at radius 3 is 2.39 bits per heavy atom. The number of hydrogen-bond acceptors (Lipinski definition) is 3. The molecule has 0 radical (unpaired) electrons. The molecule has 0 N–H and O–H groups in total. The standard InChI is InChI=1S/C21H18BrN3O2S/c1-24(28(26,27)20-15-23-25-14-8-7-13-19(20)25)21(16-9-3-2-4-10-16)17-11-5-6-12-18(17)22/h2-15,21H,1H3. The summed E-state index contributed by atoms with van der Waals surface area (Å²) >= 11 is 3.58. The summed E-state index contributed by atoms with van der Waals surface area (Å²) in [6.45, 7) is 0. The number of sulfonamides is 1. The fraction of sp³-hybridized carbons (Fsp3) is 0.0952. The molecule has 0 spiro atoms. The van der Waals surface area contributed by atoms with Crippen molar-refractivity contribution in [2.75, 3.05) is 7.05 Å². The summed E-state index contributed by atoms with van der Waals surface area (Å²) in [7, 11) is -2.20. The molecule has 0 bridgehead atoms. The normalized spacial score (nSPS) is 13.1. The summed E-state index contributed by atoms with van der Waals surface area (Å²) in [5, 5.41) is 4.19. The molecule has 2 aromatic heterocycles. The highest BCUT2D eigenvalue weighted by Crippen LogP contribution is 2.36. The van der Waals surface area contributed by atoms with Crippen molar-refractivity contribution >= 4 is 31.5 Å². The summed E-state index contributed by atoms with van der Waals surface area (Å²) in [6, 6.07) is 22.2. The molecule has 28 heavy (non-hydrogen) atoms. The third kappa shape index (κ3) is 3.26. The third-order valence-electron chi connectivity index (χ3n) is 4.73. The molecule has 142 valence electrons. The van der Waals surface area contributed by atoms with Crippen LogP contribution in [0.2, 0.25) is 0 Å². The average Bonchev–Trinajstić information content (AvgIpc) is 3.15. The number of aromatic nitrogens is 2. The van der Waals surface area contributed by atoms with E-state index in [1.54, 1.807) is 29.9 Å². The van der Waals surface area contributed by atoms with Crippen molar-refractivity contribution in [1.82, 2.24) is 13.9 Å². The maximum atomic E-state index is 13.6. The van der Waals surface area contributed by atoms with E-state index in [1.165, 1.54) is 10.5 Å². The van der Waals surface area contributed by atoms with Crippen molar-refractivity contribution in [3.8, 4) is 0 Å². The highest BCUT2D eigenvalue weighted by Gasteiger charge is 2.33. The van der Waals surface area contributed by atoms with Crippen LogP contribution in [0, 0.1) is 0 Å². The van der Waals surface area contributed by atoms with Gasteiger partial charge in [-0.2, -0.15) is 9.40 Å². The Bertz CT molecular complexity index is 1220. The second kappa shape index (κ2) is 7.50. The van der Waals surface area contributed by atoms with Gasteiger partial charge < -0.3 is 0 Å². The van der Waals surface area contributed by atoms with Gasteiger partial charge in [0.15, 0.2) is 0 Å². The predicted molar refractivity (Wildman–Crippen MR) is 113 cm³/mol. The molecule has 7 heteroatoms. The lowest BCUT2D eigenvalue weighted by molar-refractivity contribution is 0.417. The predicted octanol–water partition coefficient (Wildman–Crippen LogP) is 4.51. The van der Waals surface area contributed by atoms with E-state index in [0.29, 0.717) is 5.52 Å². The Morgan fingerprint density at radius 1 is 0.964 bits per heavy atom. The number of rotatable bonds is 5. The zero-order chi connectivity index (χ0) is 19.7. The van der Waals surface area contributed by atoms with Crippen LogP contribution in [0.1, 0.15) is 17.2 Å². The van der Waals surface area contributed by atoms with Crippen molar-refractivity contribution in [1.29, 1.82) is 0 Å².